The molecule has 0 aromatic rings. The van der Waals surface area contributed by atoms with Gasteiger partial charge in [0.2, 0.25) is 0 Å². The van der Waals surface area contributed by atoms with E-state index in [9.17, 15) is 0 Å². The van der Waals surface area contributed by atoms with Gasteiger partial charge in [0.1, 0.15) is 0 Å². The van der Waals surface area contributed by atoms with Crippen LogP contribution in [-0.2, 0) is 0 Å². The highest BCUT2D eigenvalue weighted by molar-refractivity contribution is 6.82. The Hall–Kier alpha value is 0.217. The van der Waals surface area contributed by atoms with Crippen molar-refractivity contribution in [1.82, 2.24) is 0 Å². The highest BCUT2D eigenvalue weighted by atomic mass is 28.3. The minimum absolute atomic E-state index is 0.590. The fourth-order valence-electron chi connectivity index (χ4n) is 4.70. The van der Waals surface area contributed by atoms with Crippen LogP contribution in [0.25, 0.3) is 0 Å². The van der Waals surface area contributed by atoms with E-state index >= 15 is 0 Å². The Labute approximate surface area is 163 Å². The molecular weight excluding hydrogens is 316 g/mol. The normalized spacial score (nSPS) is 12.7. The standard InChI is InChI=1S/C24H52Si/c1-7-10-11-12-13-14-15-16-17-18-19-20-21-22-23-25(8-2,9-3)24(4,5)6/h7-23H2,1-6H3. The summed E-state index contributed by atoms with van der Waals surface area (Å²) in [5.41, 5.74) is 0. The van der Waals surface area contributed by atoms with Crippen LogP contribution in [0, 0.1) is 0 Å². The Bertz CT molecular complexity index is 272. The van der Waals surface area contributed by atoms with Crippen LogP contribution in [0.15, 0.2) is 0 Å². The second-order valence-corrected chi connectivity index (χ2v) is 15.6. The van der Waals surface area contributed by atoms with E-state index in [1.165, 1.54) is 102 Å². The molecule has 25 heavy (non-hydrogen) atoms. The zero-order valence-corrected chi connectivity index (χ0v) is 20.0. The van der Waals surface area contributed by atoms with Gasteiger partial charge in [0, 0.05) is 0 Å². The molecule has 0 atom stereocenters. The number of hydrogen-bond donors (Lipinski definition) is 0. The average molecular weight is 369 g/mol. The molecule has 0 nitrogen and oxygen atoms in total. The van der Waals surface area contributed by atoms with Crippen molar-refractivity contribution < 1.29 is 0 Å². The first-order chi connectivity index (χ1) is 11.9. The minimum Gasteiger partial charge on any atom is -0.0678 e. The molecule has 0 rings (SSSR count). The third-order valence-corrected chi connectivity index (χ3v) is 14.2. The van der Waals surface area contributed by atoms with E-state index in [2.05, 4.69) is 41.5 Å². The fourth-order valence-corrected chi connectivity index (χ4v) is 9.70. The van der Waals surface area contributed by atoms with Gasteiger partial charge in [0.05, 0.1) is 8.07 Å². The fraction of sp³-hybridized carbons (Fsp3) is 1.00. The quantitative estimate of drug-likeness (QED) is 0.177. The zero-order valence-electron chi connectivity index (χ0n) is 19.0. The van der Waals surface area contributed by atoms with Gasteiger partial charge < -0.3 is 0 Å². The number of unbranched alkanes of at least 4 members (excludes halogenated alkanes) is 13. The lowest BCUT2D eigenvalue weighted by Gasteiger charge is -2.42. The molecule has 0 aromatic carbocycles. The van der Waals surface area contributed by atoms with Crippen LogP contribution in [0.5, 0.6) is 0 Å². The van der Waals surface area contributed by atoms with Crippen molar-refractivity contribution in [3.8, 4) is 0 Å². The number of rotatable bonds is 17. The first kappa shape index (κ1) is 25.2. The van der Waals surface area contributed by atoms with E-state index < -0.39 is 8.07 Å². The molecule has 0 amide bonds. The maximum absolute atomic E-state index is 2.51. The average Bonchev–Trinajstić information content (AvgIpc) is 2.57. The smallest absolute Gasteiger partial charge is 0.0584 e. The molecule has 0 saturated carbocycles. The van der Waals surface area contributed by atoms with Gasteiger partial charge in [0.25, 0.3) is 0 Å². The minimum atomic E-state index is -1.05. The van der Waals surface area contributed by atoms with E-state index in [0.717, 1.165) is 0 Å². The molecule has 0 fully saturated rings. The van der Waals surface area contributed by atoms with E-state index in [1.807, 2.05) is 0 Å². The Morgan fingerprint density at radius 1 is 0.480 bits per heavy atom. The van der Waals surface area contributed by atoms with Crippen LogP contribution in [-0.4, -0.2) is 8.07 Å². The molecule has 0 N–H and O–H groups in total. The molecule has 0 bridgehead atoms. The van der Waals surface area contributed by atoms with Crippen LogP contribution in [0.2, 0.25) is 23.2 Å². The Morgan fingerprint density at radius 3 is 1.08 bits per heavy atom. The van der Waals surface area contributed by atoms with Crippen molar-refractivity contribution in [1.29, 1.82) is 0 Å². The lowest BCUT2D eigenvalue weighted by Crippen LogP contribution is -2.42. The highest BCUT2D eigenvalue weighted by Crippen LogP contribution is 2.45. The summed E-state index contributed by atoms with van der Waals surface area (Å²) in [5, 5.41) is 0.590. The summed E-state index contributed by atoms with van der Waals surface area (Å²) in [6.07, 6.45) is 20.6. The third-order valence-electron chi connectivity index (χ3n) is 6.95. The molecule has 0 radical (unpaired) electrons. The number of hydrogen-bond acceptors (Lipinski definition) is 0. The van der Waals surface area contributed by atoms with Crippen molar-refractivity contribution in [3.63, 3.8) is 0 Å². The molecular formula is C24H52Si. The van der Waals surface area contributed by atoms with Gasteiger partial charge >= 0.3 is 0 Å². The molecule has 0 unspecified atom stereocenters. The lowest BCUT2D eigenvalue weighted by atomic mass is 10.0. The van der Waals surface area contributed by atoms with Crippen LogP contribution in [0.1, 0.15) is 131 Å². The van der Waals surface area contributed by atoms with E-state index in [0.29, 0.717) is 5.04 Å². The van der Waals surface area contributed by atoms with Crippen LogP contribution >= 0.6 is 0 Å². The van der Waals surface area contributed by atoms with Crippen molar-refractivity contribution in [2.45, 2.75) is 155 Å². The Kier molecular flexibility index (Phi) is 15.4. The maximum atomic E-state index is 2.51. The highest BCUT2D eigenvalue weighted by Gasteiger charge is 2.39. The molecule has 0 spiro atoms. The lowest BCUT2D eigenvalue weighted by molar-refractivity contribution is 0.537. The van der Waals surface area contributed by atoms with Gasteiger partial charge in [-0.3, -0.25) is 0 Å². The topological polar surface area (TPSA) is 0 Å². The van der Waals surface area contributed by atoms with Gasteiger partial charge in [-0.15, -0.1) is 0 Å². The Morgan fingerprint density at radius 2 is 0.800 bits per heavy atom. The van der Waals surface area contributed by atoms with E-state index in [-0.39, 0.29) is 0 Å². The maximum Gasteiger partial charge on any atom is 0.0584 e. The largest absolute Gasteiger partial charge is 0.0678 e. The monoisotopic (exact) mass is 368 g/mol. The zero-order chi connectivity index (χ0) is 19.0. The summed E-state index contributed by atoms with van der Waals surface area (Å²) in [7, 11) is -1.05. The van der Waals surface area contributed by atoms with Crippen molar-refractivity contribution >= 4 is 8.07 Å². The first-order valence-electron chi connectivity index (χ1n) is 11.9. The molecule has 152 valence electrons. The summed E-state index contributed by atoms with van der Waals surface area (Å²) in [6.45, 7) is 14.8. The predicted molar refractivity (Wildman–Crippen MR) is 122 cm³/mol. The summed E-state index contributed by atoms with van der Waals surface area (Å²) in [4.78, 5) is 0. The molecule has 0 aliphatic heterocycles. The second kappa shape index (κ2) is 15.3. The van der Waals surface area contributed by atoms with Gasteiger partial charge in [-0.25, -0.2) is 0 Å². The predicted octanol–water partition coefficient (Wildman–Crippen LogP) is 9.76. The van der Waals surface area contributed by atoms with Crippen molar-refractivity contribution in [2.75, 3.05) is 0 Å². The van der Waals surface area contributed by atoms with E-state index in [1.54, 1.807) is 6.04 Å². The first-order valence-corrected chi connectivity index (χ1v) is 14.6. The van der Waals surface area contributed by atoms with Crippen LogP contribution in [0.4, 0.5) is 0 Å². The van der Waals surface area contributed by atoms with E-state index in [4.69, 9.17) is 0 Å². The summed E-state index contributed by atoms with van der Waals surface area (Å²) in [6, 6.07) is 4.53. The van der Waals surface area contributed by atoms with Crippen molar-refractivity contribution in [2.24, 2.45) is 0 Å². The molecule has 0 aliphatic rings. The van der Waals surface area contributed by atoms with Gasteiger partial charge in [-0.1, -0.05) is 150 Å². The summed E-state index contributed by atoms with van der Waals surface area (Å²) >= 11 is 0. The molecule has 0 saturated heterocycles. The van der Waals surface area contributed by atoms with Gasteiger partial charge in [-0.2, -0.15) is 0 Å². The van der Waals surface area contributed by atoms with Crippen LogP contribution < -0.4 is 0 Å². The second-order valence-electron chi connectivity index (χ2n) is 9.58. The van der Waals surface area contributed by atoms with Gasteiger partial charge in [-0.05, 0) is 5.04 Å². The van der Waals surface area contributed by atoms with Crippen LogP contribution in [0.3, 0.4) is 0 Å². The molecule has 0 aromatic heterocycles. The SMILES string of the molecule is CCCCCCCCCCCCCCCC[Si](CC)(CC)C(C)(C)C. The third kappa shape index (κ3) is 11.5. The van der Waals surface area contributed by atoms with Gasteiger partial charge in [0.15, 0.2) is 0 Å². The summed E-state index contributed by atoms with van der Waals surface area (Å²) < 4.78 is 0. The Balaban J connectivity index is 3.49. The molecule has 0 heterocycles. The molecule has 0 aliphatic carbocycles. The summed E-state index contributed by atoms with van der Waals surface area (Å²) in [5.74, 6) is 0. The van der Waals surface area contributed by atoms with Crippen molar-refractivity contribution in [3.05, 3.63) is 0 Å². The molecule has 1 heteroatoms.